The molecule has 3 heterocycles. The van der Waals surface area contributed by atoms with Crippen LogP contribution in [0.1, 0.15) is 57.6 Å². The lowest BCUT2D eigenvalue weighted by Crippen LogP contribution is -2.70. The predicted octanol–water partition coefficient (Wildman–Crippen LogP) is 11.9. The van der Waals surface area contributed by atoms with Gasteiger partial charge >= 0.3 is 0 Å². The van der Waals surface area contributed by atoms with Crippen LogP contribution in [0.25, 0.3) is 0 Å². The van der Waals surface area contributed by atoms with E-state index in [9.17, 15) is 0 Å². The van der Waals surface area contributed by atoms with Gasteiger partial charge in [0.15, 0.2) is 0 Å². The number of hydrogen-bond acceptors (Lipinski definition) is 5. The third-order valence-electron chi connectivity index (χ3n) is 15.8. The molecular formula is C58H59N5. The van der Waals surface area contributed by atoms with E-state index in [4.69, 9.17) is 0 Å². The van der Waals surface area contributed by atoms with Gasteiger partial charge in [0, 0.05) is 34.2 Å². The van der Waals surface area contributed by atoms with E-state index in [2.05, 4.69) is 240 Å². The maximum Gasteiger partial charge on any atom is 0.0720 e. The molecule has 0 N–H and O–H groups in total. The van der Waals surface area contributed by atoms with Crippen LogP contribution in [0.15, 0.2) is 206 Å². The van der Waals surface area contributed by atoms with Crippen LogP contribution in [0, 0.1) is 5.92 Å². The number of hydrogen-bond donors (Lipinski definition) is 0. The molecule has 5 nitrogen and oxygen atoms in total. The molecule has 2 fully saturated rings. The lowest BCUT2D eigenvalue weighted by Gasteiger charge is -2.60. The lowest BCUT2D eigenvalue weighted by molar-refractivity contribution is 0.0250. The zero-order chi connectivity index (χ0) is 42.2. The average molecular weight is 826 g/mol. The van der Waals surface area contributed by atoms with Gasteiger partial charge in [-0.1, -0.05) is 173 Å². The molecule has 0 amide bonds. The van der Waals surface area contributed by atoms with Gasteiger partial charge in [0.05, 0.1) is 59.7 Å². The van der Waals surface area contributed by atoms with Gasteiger partial charge in [0.2, 0.25) is 0 Å². The molecule has 12 rings (SSSR count). The molecule has 10 atom stereocenters. The first-order chi connectivity index (χ1) is 31.0. The molecule has 0 spiro atoms. The van der Waals surface area contributed by atoms with E-state index in [1.165, 1.54) is 45.3 Å². The van der Waals surface area contributed by atoms with Gasteiger partial charge in [-0.2, -0.15) is 0 Å². The van der Waals surface area contributed by atoms with Gasteiger partial charge < -0.3 is 19.6 Å². The molecule has 63 heavy (non-hydrogen) atoms. The van der Waals surface area contributed by atoms with Crippen LogP contribution in [0.3, 0.4) is 0 Å². The minimum Gasteiger partial charge on any atom is -0.357 e. The molecular weight excluding hydrogens is 767 g/mol. The van der Waals surface area contributed by atoms with Gasteiger partial charge in [-0.3, -0.25) is 4.90 Å². The van der Waals surface area contributed by atoms with Crippen molar-refractivity contribution < 1.29 is 0 Å². The lowest BCUT2D eigenvalue weighted by atomic mass is 9.73. The monoisotopic (exact) mass is 825 g/mol. The normalized spacial score (nSPS) is 32.9. The maximum absolute atomic E-state index is 2.92. The first kappa shape index (κ1) is 38.6. The Balaban J connectivity index is 0.854. The number of piperazine rings is 2. The summed E-state index contributed by atoms with van der Waals surface area (Å²) >= 11 is 0. The molecule has 3 aliphatic heterocycles. The minimum absolute atomic E-state index is 0.0803. The highest BCUT2D eigenvalue weighted by Crippen LogP contribution is 2.52. The van der Waals surface area contributed by atoms with E-state index >= 15 is 0 Å². The van der Waals surface area contributed by atoms with Crippen molar-refractivity contribution in [3.05, 3.63) is 217 Å². The van der Waals surface area contributed by atoms with E-state index in [-0.39, 0.29) is 29.6 Å². The van der Waals surface area contributed by atoms with Crippen LogP contribution in [0.5, 0.6) is 0 Å². The van der Waals surface area contributed by atoms with Crippen LogP contribution in [-0.2, 0) is 5.41 Å². The fraction of sp³-hybridized carbons (Fsp3) is 0.310. The maximum atomic E-state index is 2.92. The summed E-state index contributed by atoms with van der Waals surface area (Å²) in [5.41, 5.74) is 10.6. The summed E-state index contributed by atoms with van der Waals surface area (Å²) in [5, 5.41) is 0. The smallest absolute Gasteiger partial charge is 0.0720 e. The van der Waals surface area contributed by atoms with Gasteiger partial charge in [0.1, 0.15) is 0 Å². The second-order valence-electron chi connectivity index (χ2n) is 19.4. The van der Waals surface area contributed by atoms with Crippen molar-refractivity contribution in [2.75, 3.05) is 9.80 Å². The van der Waals surface area contributed by atoms with E-state index in [0.717, 1.165) is 25.7 Å². The first-order valence-electron chi connectivity index (χ1n) is 23.7. The first-order valence-corrected chi connectivity index (χ1v) is 23.7. The zero-order valence-electron chi connectivity index (χ0n) is 36.8. The molecule has 316 valence electrons. The molecule has 0 radical (unpaired) electrons. The van der Waals surface area contributed by atoms with Crippen molar-refractivity contribution >= 4 is 22.7 Å². The van der Waals surface area contributed by atoms with Crippen molar-refractivity contribution in [2.24, 2.45) is 5.92 Å². The highest BCUT2D eigenvalue weighted by molar-refractivity contribution is 5.86. The van der Waals surface area contributed by atoms with Gasteiger partial charge in [0.25, 0.3) is 0 Å². The Morgan fingerprint density at radius 2 is 0.937 bits per heavy atom. The Kier molecular flexibility index (Phi) is 9.41. The van der Waals surface area contributed by atoms with Gasteiger partial charge in [-0.15, -0.1) is 0 Å². The van der Waals surface area contributed by atoms with Crippen LogP contribution in [0.4, 0.5) is 22.7 Å². The SMILES string of the molecule is CC1C=C(N2C3C=CC=CC3N(C3=CC=CCC3)C3C=CC=CC32)CCC1N1C2C=CC=CC2N(c2ccc(N3c4ccccc4C(C)(C)c4ccccc43)cc2)C2C=CC=CC21. The highest BCUT2D eigenvalue weighted by Gasteiger charge is 2.51. The summed E-state index contributed by atoms with van der Waals surface area (Å²) in [7, 11) is 0. The molecule has 0 aromatic heterocycles. The Morgan fingerprint density at radius 1 is 0.476 bits per heavy atom. The summed E-state index contributed by atoms with van der Waals surface area (Å²) in [6, 6.07) is 29.9. The number of anilines is 4. The molecule has 3 aromatic carbocycles. The Hall–Kier alpha value is -6.04. The third kappa shape index (κ3) is 6.14. The zero-order valence-corrected chi connectivity index (χ0v) is 36.8. The second kappa shape index (κ2) is 15.3. The molecule has 2 saturated heterocycles. The number of para-hydroxylation sites is 2. The van der Waals surface area contributed by atoms with Crippen LogP contribution >= 0.6 is 0 Å². The quantitative estimate of drug-likeness (QED) is 0.254. The van der Waals surface area contributed by atoms with Crippen LogP contribution < -0.4 is 9.80 Å². The molecule has 9 aliphatic rings. The fourth-order valence-corrected chi connectivity index (χ4v) is 13.0. The average Bonchev–Trinajstić information content (AvgIpc) is 3.33. The Bertz CT molecular complexity index is 2510. The number of fused-ring (bicyclic) bond motifs is 6. The molecule has 0 bridgehead atoms. The summed E-state index contributed by atoms with van der Waals surface area (Å²) < 4.78 is 0. The Labute approximate surface area is 374 Å². The molecule has 10 unspecified atom stereocenters. The standard InChI is InChI=1S/C58H59N5/c1-40-39-44(62-52-27-13-11-25-50(52)60(41-19-5-4-6-20-41)51-26-12-14-28-53(51)62)37-38-47(40)63-56-31-17-15-29-54(56)61(55-30-16-18-32-57(55)63)43-35-33-42(34-36-43)59-48-23-9-7-21-45(48)58(2,3)46-22-8-10-24-49(46)59/h4-5,7-19,21-36,39-40,47,50-57H,6,20,37-38H2,1-3H3. The number of allylic oxidation sites excluding steroid dienone is 13. The topological polar surface area (TPSA) is 16.2 Å². The largest absolute Gasteiger partial charge is 0.357 e. The summed E-state index contributed by atoms with van der Waals surface area (Å²) in [6.07, 6.45) is 52.1. The van der Waals surface area contributed by atoms with E-state index in [1.54, 1.807) is 0 Å². The molecule has 6 aliphatic carbocycles. The number of nitrogens with zero attached hydrogens (tertiary/aromatic N) is 5. The number of rotatable bonds is 5. The molecule has 5 heteroatoms. The summed E-state index contributed by atoms with van der Waals surface area (Å²) in [5.74, 6) is 0.395. The molecule has 0 saturated carbocycles. The third-order valence-corrected chi connectivity index (χ3v) is 15.8. The van der Waals surface area contributed by atoms with Gasteiger partial charge in [-0.25, -0.2) is 0 Å². The van der Waals surface area contributed by atoms with E-state index in [0.29, 0.717) is 36.1 Å². The van der Waals surface area contributed by atoms with Crippen molar-refractivity contribution in [2.45, 2.75) is 106 Å². The van der Waals surface area contributed by atoms with Crippen LogP contribution in [0.2, 0.25) is 0 Å². The van der Waals surface area contributed by atoms with Crippen molar-refractivity contribution in [3.63, 3.8) is 0 Å². The number of benzene rings is 3. The summed E-state index contributed by atoms with van der Waals surface area (Å²) in [6.45, 7) is 7.22. The van der Waals surface area contributed by atoms with Crippen molar-refractivity contribution in [3.8, 4) is 0 Å². The van der Waals surface area contributed by atoms with E-state index in [1.807, 2.05) is 0 Å². The van der Waals surface area contributed by atoms with Crippen molar-refractivity contribution in [1.82, 2.24) is 14.7 Å². The highest BCUT2D eigenvalue weighted by atomic mass is 15.4. The molecule has 3 aromatic rings. The van der Waals surface area contributed by atoms with E-state index < -0.39 is 0 Å². The Morgan fingerprint density at radius 3 is 1.43 bits per heavy atom. The fourth-order valence-electron chi connectivity index (χ4n) is 13.0. The van der Waals surface area contributed by atoms with Crippen LogP contribution in [-0.4, -0.2) is 69.1 Å². The minimum atomic E-state index is -0.0803. The predicted molar refractivity (Wildman–Crippen MR) is 261 cm³/mol. The van der Waals surface area contributed by atoms with Crippen molar-refractivity contribution in [1.29, 1.82) is 0 Å². The second-order valence-corrected chi connectivity index (χ2v) is 19.4. The van der Waals surface area contributed by atoms with Gasteiger partial charge in [-0.05, 0) is 85.2 Å². The summed E-state index contributed by atoms with van der Waals surface area (Å²) in [4.78, 5) is 13.7.